The lowest BCUT2D eigenvalue weighted by Gasteiger charge is -2.16. The van der Waals surface area contributed by atoms with Crippen LogP contribution < -0.4 is 0 Å². The molecule has 0 aliphatic heterocycles. The predicted molar refractivity (Wildman–Crippen MR) is 62.1 cm³/mol. The monoisotopic (exact) mass is 240 g/mol. The van der Waals surface area contributed by atoms with Crippen molar-refractivity contribution in [1.82, 2.24) is 0 Å². The summed E-state index contributed by atoms with van der Waals surface area (Å²) in [5.41, 5.74) is 0.407. The Balaban J connectivity index is 2.74. The number of rotatable bonds is 6. The molecule has 0 aliphatic rings. The fraction of sp³-hybridized carbons (Fsp3) is 0.462. The smallest absolute Gasteiger partial charge is 0.306 e. The average Bonchev–Trinajstić information content (AvgIpc) is 2.30. The van der Waals surface area contributed by atoms with Gasteiger partial charge in [0.2, 0.25) is 0 Å². The van der Waals surface area contributed by atoms with Gasteiger partial charge in [-0.05, 0) is 30.4 Å². The highest BCUT2D eigenvalue weighted by molar-refractivity contribution is 5.70. The molecule has 0 spiro atoms. The van der Waals surface area contributed by atoms with Crippen LogP contribution in [0.4, 0.5) is 4.39 Å². The first-order valence-corrected chi connectivity index (χ1v) is 5.61. The van der Waals surface area contributed by atoms with Crippen LogP contribution in [-0.4, -0.2) is 22.8 Å². The highest BCUT2D eigenvalue weighted by Gasteiger charge is 2.21. The highest BCUT2D eigenvalue weighted by atomic mass is 19.1. The van der Waals surface area contributed by atoms with Gasteiger partial charge in [-0.25, -0.2) is 4.39 Å². The fourth-order valence-electron chi connectivity index (χ4n) is 1.76. The van der Waals surface area contributed by atoms with Crippen molar-refractivity contribution in [2.24, 2.45) is 11.8 Å². The van der Waals surface area contributed by atoms with E-state index in [1.807, 2.05) is 0 Å². The lowest BCUT2D eigenvalue weighted by atomic mass is 9.90. The van der Waals surface area contributed by atoms with Gasteiger partial charge in [0.1, 0.15) is 5.82 Å². The van der Waals surface area contributed by atoms with Crippen molar-refractivity contribution in [3.05, 3.63) is 35.6 Å². The van der Waals surface area contributed by atoms with Gasteiger partial charge in [0, 0.05) is 6.61 Å². The number of hydrogen-bond donors (Lipinski definition) is 2. The third kappa shape index (κ3) is 4.15. The number of aliphatic carboxylic acids is 1. The van der Waals surface area contributed by atoms with Crippen molar-refractivity contribution in [2.45, 2.75) is 19.8 Å². The van der Waals surface area contributed by atoms with Gasteiger partial charge in [-0.3, -0.25) is 4.79 Å². The molecule has 1 rings (SSSR count). The Labute approximate surface area is 99.9 Å². The molecule has 17 heavy (non-hydrogen) atoms. The van der Waals surface area contributed by atoms with Gasteiger partial charge in [0.15, 0.2) is 0 Å². The molecule has 0 saturated carbocycles. The zero-order valence-electron chi connectivity index (χ0n) is 9.77. The van der Waals surface area contributed by atoms with Gasteiger partial charge in [-0.2, -0.15) is 0 Å². The summed E-state index contributed by atoms with van der Waals surface area (Å²) in [6, 6.07) is 6.18. The molecule has 0 saturated heterocycles. The predicted octanol–water partition coefficient (Wildman–Crippen LogP) is 2.09. The van der Waals surface area contributed by atoms with Gasteiger partial charge >= 0.3 is 5.97 Å². The van der Waals surface area contributed by atoms with E-state index >= 15 is 0 Å². The topological polar surface area (TPSA) is 57.5 Å². The maximum absolute atomic E-state index is 13.4. The maximum atomic E-state index is 13.4. The fourth-order valence-corrected chi connectivity index (χ4v) is 1.76. The van der Waals surface area contributed by atoms with E-state index in [0.29, 0.717) is 12.0 Å². The van der Waals surface area contributed by atoms with E-state index in [1.54, 1.807) is 25.1 Å². The van der Waals surface area contributed by atoms with Crippen molar-refractivity contribution < 1.29 is 19.4 Å². The molecular formula is C13H17FO3. The first-order chi connectivity index (χ1) is 8.04. The van der Waals surface area contributed by atoms with Crippen LogP contribution in [0.25, 0.3) is 0 Å². The third-order valence-electron chi connectivity index (χ3n) is 2.77. The molecule has 1 aromatic carbocycles. The average molecular weight is 240 g/mol. The van der Waals surface area contributed by atoms with E-state index in [-0.39, 0.29) is 24.8 Å². The standard InChI is InChI=1S/C13H17FO3/c1-9(8-15)6-11(13(16)17)7-10-4-2-3-5-12(10)14/h2-5,9,11,15H,6-8H2,1H3,(H,16,17). The molecule has 0 aromatic heterocycles. The van der Waals surface area contributed by atoms with E-state index in [1.165, 1.54) is 6.07 Å². The molecule has 2 atom stereocenters. The normalized spacial score (nSPS) is 14.3. The Morgan fingerprint density at radius 1 is 1.41 bits per heavy atom. The van der Waals surface area contributed by atoms with E-state index in [4.69, 9.17) is 10.2 Å². The van der Waals surface area contributed by atoms with Gasteiger partial charge in [0.05, 0.1) is 5.92 Å². The Bertz CT molecular complexity index is 379. The van der Waals surface area contributed by atoms with Gasteiger partial charge < -0.3 is 10.2 Å². The number of benzene rings is 1. The molecule has 2 N–H and O–H groups in total. The number of aliphatic hydroxyl groups excluding tert-OH is 1. The summed E-state index contributed by atoms with van der Waals surface area (Å²) < 4.78 is 13.4. The number of aliphatic hydroxyl groups is 1. The number of carbonyl (C=O) groups is 1. The second-order valence-corrected chi connectivity index (χ2v) is 4.35. The van der Waals surface area contributed by atoms with E-state index in [2.05, 4.69) is 0 Å². The van der Waals surface area contributed by atoms with Crippen molar-refractivity contribution in [3.63, 3.8) is 0 Å². The molecule has 0 amide bonds. The summed E-state index contributed by atoms with van der Waals surface area (Å²) in [5, 5.41) is 18.0. The lowest BCUT2D eigenvalue weighted by Crippen LogP contribution is -2.21. The van der Waals surface area contributed by atoms with Gasteiger partial charge in [0.25, 0.3) is 0 Å². The van der Waals surface area contributed by atoms with Crippen molar-refractivity contribution in [1.29, 1.82) is 0 Å². The van der Waals surface area contributed by atoms with E-state index < -0.39 is 11.9 Å². The molecule has 4 heteroatoms. The zero-order chi connectivity index (χ0) is 12.8. The zero-order valence-corrected chi connectivity index (χ0v) is 9.77. The van der Waals surface area contributed by atoms with Crippen molar-refractivity contribution >= 4 is 5.97 Å². The van der Waals surface area contributed by atoms with Crippen molar-refractivity contribution in [3.8, 4) is 0 Å². The van der Waals surface area contributed by atoms with Crippen LogP contribution in [-0.2, 0) is 11.2 Å². The SMILES string of the molecule is CC(CO)CC(Cc1ccccc1F)C(=O)O. The van der Waals surface area contributed by atoms with Gasteiger partial charge in [-0.15, -0.1) is 0 Å². The van der Waals surface area contributed by atoms with Crippen LogP contribution in [0.5, 0.6) is 0 Å². The molecular weight excluding hydrogens is 223 g/mol. The van der Waals surface area contributed by atoms with Crippen LogP contribution in [0.2, 0.25) is 0 Å². The number of hydrogen-bond acceptors (Lipinski definition) is 2. The van der Waals surface area contributed by atoms with Crippen LogP contribution in [0.15, 0.2) is 24.3 Å². The van der Waals surface area contributed by atoms with Crippen LogP contribution >= 0.6 is 0 Å². The summed E-state index contributed by atoms with van der Waals surface area (Å²) in [4.78, 5) is 11.1. The number of carboxylic acid groups (broad SMARTS) is 1. The quantitative estimate of drug-likeness (QED) is 0.800. The first-order valence-electron chi connectivity index (χ1n) is 5.61. The molecule has 94 valence electrons. The summed E-state index contributed by atoms with van der Waals surface area (Å²) in [6.45, 7) is 1.72. The van der Waals surface area contributed by atoms with E-state index in [9.17, 15) is 9.18 Å². The molecule has 0 aliphatic carbocycles. The van der Waals surface area contributed by atoms with Crippen molar-refractivity contribution in [2.75, 3.05) is 6.61 Å². The summed E-state index contributed by atoms with van der Waals surface area (Å²) >= 11 is 0. The summed E-state index contributed by atoms with van der Waals surface area (Å²) in [6.07, 6.45) is 0.506. The third-order valence-corrected chi connectivity index (χ3v) is 2.77. The second-order valence-electron chi connectivity index (χ2n) is 4.35. The Morgan fingerprint density at radius 3 is 2.59 bits per heavy atom. The largest absolute Gasteiger partial charge is 0.481 e. The molecule has 0 fully saturated rings. The van der Waals surface area contributed by atoms with E-state index in [0.717, 1.165) is 0 Å². The molecule has 0 heterocycles. The minimum absolute atomic E-state index is 0.0545. The molecule has 3 nitrogen and oxygen atoms in total. The maximum Gasteiger partial charge on any atom is 0.306 e. The summed E-state index contributed by atoms with van der Waals surface area (Å²) in [7, 11) is 0. The van der Waals surface area contributed by atoms with Crippen LogP contribution in [0.1, 0.15) is 18.9 Å². The Morgan fingerprint density at radius 2 is 2.06 bits per heavy atom. The van der Waals surface area contributed by atoms with Gasteiger partial charge in [-0.1, -0.05) is 25.1 Å². The molecule has 2 unspecified atom stereocenters. The first kappa shape index (κ1) is 13.6. The molecule has 0 radical (unpaired) electrons. The second kappa shape index (κ2) is 6.35. The minimum Gasteiger partial charge on any atom is -0.481 e. The van der Waals surface area contributed by atoms with Crippen LogP contribution in [0.3, 0.4) is 0 Å². The Hall–Kier alpha value is -1.42. The minimum atomic E-state index is -0.950. The highest BCUT2D eigenvalue weighted by Crippen LogP contribution is 2.19. The molecule has 1 aromatic rings. The number of carboxylic acids is 1. The van der Waals surface area contributed by atoms with Crippen LogP contribution in [0, 0.1) is 17.7 Å². The number of halogens is 1. The Kier molecular flexibility index (Phi) is 5.10. The lowest BCUT2D eigenvalue weighted by molar-refractivity contribution is -0.142. The summed E-state index contributed by atoms with van der Waals surface area (Å²) in [5.74, 6) is -2.08. The molecule has 0 bridgehead atoms.